The Morgan fingerprint density at radius 3 is 2.96 bits per heavy atom. The van der Waals surface area contributed by atoms with Crippen LogP contribution in [0.1, 0.15) is 32.1 Å². The molecule has 1 saturated heterocycles. The molecular weight excluding hydrogens is 306 g/mol. The molecule has 2 atom stereocenters. The van der Waals surface area contributed by atoms with Gasteiger partial charge in [0.1, 0.15) is 0 Å². The lowest BCUT2D eigenvalue weighted by atomic mass is 10.0. The SMILES string of the molecule is Cn1ccnc(N2CCC[C@H](NC(=O)N[C@@H]3C=CCCC3)C2)c1=O. The molecule has 7 heteroatoms. The minimum absolute atomic E-state index is 0.0260. The topological polar surface area (TPSA) is 79.3 Å². The van der Waals surface area contributed by atoms with E-state index < -0.39 is 0 Å². The minimum Gasteiger partial charge on any atom is -0.350 e. The second kappa shape index (κ2) is 7.51. The highest BCUT2D eigenvalue weighted by atomic mass is 16.2. The van der Waals surface area contributed by atoms with Crippen molar-refractivity contribution in [2.75, 3.05) is 18.0 Å². The fourth-order valence-corrected chi connectivity index (χ4v) is 3.32. The molecule has 3 rings (SSSR count). The van der Waals surface area contributed by atoms with Crippen molar-refractivity contribution in [1.82, 2.24) is 20.2 Å². The van der Waals surface area contributed by atoms with Gasteiger partial charge in [0.25, 0.3) is 5.56 Å². The first-order chi connectivity index (χ1) is 11.6. The van der Waals surface area contributed by atoms with Gasteiger partial charge in [-0.25, -0.2) is 9.78 Å². The average Bonchev–Trinajstić information content (AvgIpc) is 2.58. The van der Waals surface area contributed by atoms with Crippen LogP contribution in [0, 0.1) is 0 Å². The number of anilines is 1. The van der Waals surface area contributed by atoms with Crippen molar-refractivity contribution in [1.29, 1.82) is 0 Å². The van der Waals surface area contributed by atoms with E-state index in [1.54, 1.807) is 19.4 Å². The normalized spacial score (nSPS) is 23.8. The molecule has 2 heterocycles. The van der Waals surface area contributed by atoms with Crippen molar-refractivity contribution in [2.24, 2.45) is 7.05 Å². The molecular formula is C17H25N5O2. The number of amides is 2. The Bertz CT molecular complexity index is 669. The highest BCUT2D eigenvalue weighted by Crippen LogP contribution is 2.15. The van der Waals surface area contributed by atoms with Crippen LogP contribution < -0.4 is 21.1 Å². The lowest BCUT2D eigenvalue weighted by molar-refractivity contribution is 0.232. The zero-order chi connectivity index (χ0) is 16.9. The summed E-state index contributed by atoms with van der Waals surface area (Å²) in [4.78, 5) is 30.6. The summed E-state index contributed by atoms with van der Waals surface area (Å²) in [5.41, 5.74) is -0.102. The predicted octanol–water partition coefficient (Wildman–Crippen LogP) is 1.16. The van der Waals surface area contributed by atoms with Crippen molar-refractivity contribution < 1.29 is 4.79 Å². The number of urea groups is 1. The van der Waals surface area contributed by atoms with E-state index in [9.17, 15) is 9.59 Å². The first kappa shape index (κ1) is 16.5. The number of piperidine rings is 1. The predicted molar refractivity (Wildman–Crippen MR) is 93.2 cm³/mol. The first-order valence-corrected chi connectivity index (χ1v) is 8.64. The van der Waals surface area contributed by atoms with E-state index in [1.165, 1.54) is 4.57 Å². The van der Waals surface area contributed by atoms with E-state index in [0.29, 0.717) is 12.4 Å². The number of hydrogen-bond donors (Lipinski definition) is 2. The van der Waals surface area contributed by atoms with Gasteiger partial charge in [-0.3, -0.25) is 4.79 Å². The fraction of sp³-hybridized carbons (Fsp3) is 0.588. The molecule has 2 amide bonds. The van der Waals surface area contributed by atoms with Crippen LogP contribution in [0.4, 0.5) is 10.6 Å². The number of aromatic nitrogens is 2. The number of carbonyl (C=O) groups excluding carboxylic acids is 1. The van der Waals surface area contributed by atoms with E-state index in [1.807, 2.05) is 4.90 Å². The van der Waals surface area contributed by atoms with E-state index in [4.69, 9.17) is 0 Å². The van der Waals surface area contributed by atoms with Gasteiger partial charge in [0.05, 0.1) is 0 Å². The summed E-state index contributed by atoms with van der Waals surface area (Å²) in [7, 11) is 1.72. The Balaban J connectivity index is 1.58. The Kier molecular flexibility index (Phi) is 5.17. The molecule has 7 nitrogen and oxygen atoms in total. The highest BCUT2D eigenvalue weighted by Gasteiger charge is 2.24. The Labute approximate surface area is 141 Å². The maximum Gasteiger partial charge on any atom is 0.315 e. The molecule has 2 aliphatic rings. The van der Waals surface area contributed by atoms with E-state index in [-0.39, 0.29) is 23.7 Å². The fourth-order valence-electron chi connectivity index (χ4n) is 3.32. The number of nitrogens with one attached hydrogen (secondary N) is 2. The molecule has 0 aromatic carbocycles. The highest BCUT2D eigenvalue weighted by molar-refractivity contribution is 5.75. The van der Waals surface area contributed by atoms with Crippen molar-refractivity contribution in [3.05, 3.63) is 34.9 Å². The molecule has 1 fully saturated rings. The first-order valence-electron chi connectivity index (χ1n) is 8.64. The zero-order valence-corrected chi connectivity index (χ0v) is 14.1. The quantitative estimate of drug-likeness (QED) is 0.815. The molecule has 0 radical (unpaired) electrons. The Morgan fingerprint density at radius 1 is 1.29 bits per heavy atom. The Hall–Kier alpha value is -2.31. The smallest absolute Gasteiger partial charge is 0.315 e. The summed E-state index contributed by atoms with van der Waals surface area (Å²) in [6.45, 7) is 1.40. The van der Waals surface area contributed by atoms with Gasteiger partial charge in [0, 0.05) is 44.6 Å². The van der Waals surface area contributed by atoms with Crippen LogP contribution in [0.3, 0.4) is 0 Å². The summed E-state index contributed by atoms with van der Waals surface area (Å²) in [6, 6.07) is 0.0203. The van der Waals surface area contributed by atoms with Crippen molar-refractivity contribution in [3.63, 3.8) is 0 Å². The third kappa shape index (κ3) is 3.96. The second-order valence-corrected chi connectivity index (χ2v) is 6.54. The number of rotatable bonds is 3. The Morgan fingerprint density at radius 2 is 2.17 bits per heavy atom. The maximum atomic E-state index is 12.2. The number of aryl methyl sites for hydroxylation is 1. The number of allylic oxidation sites excluding steroid dienone is 1. The van der Waals surface area contributed by atoms with Crippen molar-refractivity contribution in [3.8, 4) is 0 Å². The van der Waals surface area contributed by atoms with Gasteiger partial charge in [-0.2, -0.15) is 0 Å². The number of carbonyl (C=O) groups is 1. The largest absolute Gasteiger partial charge is 0.350 e. The van der Waals surface area contributed by atoms with Crippen molar-refractivity contribution in [2.45, 2.75) is 44.2 Å². The molecule has 1 aromatic rings. The molecule has 1 aliphatic carbocycles. The number of nitrogens with zero attached hydrogens (tertiary/aromatic N) is 3. The van der Waals surface area contributed by atoms with Gasteiger partial charge in [0.2, 0.25) is 0 Å². The van der Waals surface area contributed by atoms with Gasteiger partial charge in [-0.05, 0) is 32.1 Å². The molecule has 1 aromatic heterocycles. The molecule has 2 N–H and O–H groups in total. The minimum atomic E-state index is -0.132. The third-order valence-corrected chi connectivity index (χ3v) is 4.63. The van der Waals surface area contributed by atoms with E-state index in [2.05, 4.69) is 27.8 Å². The van der Waals surface area contributed by atoms with Gasteiger partial charge >= 0.3 is 6.03 Å². The standard InChI is InChI=1S/C17H25N5O2/c1-21-11-9-18-15(16(21)23)22-10-5-8-14(12-22)20-17(24)19-13-6-3-2-4-7-13/h3,6,9,11,13-14H,2,4-5,7-8,10,12H2,1H3,(H2,19,20,24)/t13-,14+/m1/s1. The third-order valence-electron chi connectivity index (χ3n) is 4.63. The molecule has 1 aliphatic heterocycles. The summed E-state index contributed by atoms with van der Waals surface area (Å²) in [6.07, 6.45) is 12.5. The van der Waals surface area contributed by atoms with Gasteiger partial charge in [-0.1, -0.05) is 12.2 Å². The second-order valence-electron chi connectivity index (χ2n) is 6.54. The van der Waals surface area contributed by atoms with Crippen LogP contribution in [-0.4, -0.2) is 40.8 Å². The summed E-state index contributed by atoms with van der Waals surface area (Å²) in [5, 5.41) is 6.04. The number of hydrogen-bond acceptors (Lipinski definition) is 4. The molecule has 0 unspecified atom stereocenters. The summed E-state index contributed by atoms with van der Waals surface area (Å²) >= 11 is 0. The molecule has 0 spiro atoms. The molecule has 0 bridgehead atoms. The van der Waals surface area contributed by atoms with Crippen LogP contribution in [-0.2, 0) is 7.05 Å². The van der Waals surface area contributed by atoms with Gasteiger partial charge in [-0.15, -0.1) is 0 Å². The summed E-state index contributed by atoms with van der Waals surface area (Å²) < 4.78 is 1.53. The van der Waals surface area contributed by atoms with Gasteiger partial charge < -0.3 is 20.1 Å². The van der Waals surface area contributed by atoms with Crippen molar-refractivity contribution >= 4 is 11.8 Å². The van der Waals surface area contributed by atoms with Crippen LogP contribution in [0.25, 0.3) is 0 Å². The van der Waals surface area contributed by atoms with Crippen LogP contribution in [0.5, 0.6) is 0 Å². The van der Waals surface area contributed by atoms with E-state index >= 15 is 0 Å². The molecule has 0 saturated carbocycles. The van der Waals surface area contributed by atoms with Crippen LogP contribution in [0.2, 0.25) is 0 Å². The summed E-state index contributed by atoms with van der Waals surface area (Å²) in [5.74, 6) is 0.460. The lowest BCUT2D eigenvalue weighted by Crippen LogP contribution is -2.53. The molecule has 130 valence electrons. The monoisotopic (exact) mass is 331 g/mol. The molecule has 24 heavy (non-hydrogen) atoms. The van der Waals surface area contributed by atoms with Crippen LogP contribution in [0.15, 0.2) is 29.3 Å². The lowest BCUT2D eigenvalue weighted by Gasteiger charge is -2.33. The van der Waals surface area contributed by atoms with Crippen LogP contribution >= 0.6 is 0 Å². The van der Waals surface area contributed by atoms with Gasteiger partial charge in [0.15, 0.2) is 5.82 Å². The maximum absolute atomic E-state index is 12.2. The zero-order valence-electron chi connectivity index (χ0n) is 14.1. The van der Waals surface area contributed by atoms with E-state index in [0.717, 1.165) is 38.6 Å². The average molecular weight is 331 g/mol.